The quantitative estimate of drug-likeness (QED) is 0.692. The molecule has 12 heavy (non-hydrogen) atoms. The fourth-order valence-electron chi connectivity index (χ4n) is 1.01. The first-order valence-corrected chi connectivity index (χ1v) is 3.93. The summed E-state index contributed by atoms with van der Waals surface area (Å²) < 4.78 is 0. The zero-order valence-electron chi connectivity index (χ0n) is 7.20. The van der Waals surface area contributed by atoms with E-state index in [9.17, 15) is 5.11 Å². The van der Waals surface area contributed by atoms with Crippen molar-refractivity contribution in [3.05, 3.63) is 42.2 Å². The summed E-state index contributed by atoms with van der Waals surface area (Å²) in [6.45, 7) is 5.63. The Kier molecular flexibility index (Phi) is 3.00. The Balaban J connectivity index is 2.65. The number of pyridine rings is 1. The molecule has 0 aromatic carbocycles. The summed E-state index contributed by atoms with van der Waals surface area (Å²) in [6, 6.07) is 5.51. The third-order valence-corrected chi connectivity index (χ3v) is 1.57. The molecule has 0 saturated heterocycles. The van der Waals surface area contributed by atoms with Gasteiger partial charge in [0, 0.05) is 6.20 Å². The highest BCUT2D eigenvalue weighted by atomic mass is 16.3. The van der Waals surface area contributed by atoms with Gasteiger partial charge in [-0.25, -0.2) is 0 Å². The summed E-state index contributed by atoms with van der Waals surface area (Å²) in [6.07, 6.45) is 1.75. The van der Waals surface area contributed by atoms with E-state index in [1.807, 2.05) is 25.1 Å². The van der Waals surface area contributed by atoms with E-state index in [4.69, 9.17) is 0 Å². The second kappa shape index (κ2) is 4.02. The van der Waals surface area contributed by atoms with Crippen LogP contribution in [-0.2, 0) is 0 Å². The van der Waals surface area contributed by atoms with Gasteiger partial charge in [-0.15, -0.1) is 6.58 Å². The van der Waals surface area contributed by atoms with Crippen LogP contribution in [0.2, 0.25) is 0 Å². The predicted molar refractivity (Wildman–Crippen MR) is 48.6 cm³/mol. The van der Waals surface area contributed by atoms with Crippen molar-refractivity contribution in [2.24, 2.45) is 0 Å². The van der Waals surface area contributed by atoms with Crippen molar-refractivity contribution in [3.63, 3.8) is 0 Å². The van der Waals surface area contributed by atoms with Crippen LogP contribution in [-0.4, -0.2) is 10.1 Å². The van der Waals surface area contributed by atoms with Crippen LogP contribution in [0.1, 0.15) is 25.1 Å². The molecule has 1 aromatic heterocycles. The van der Waals surface area contributed by atoms with Crippen LogP contribution in [0.4, 0.5) is 0 Å². The highest BCUT2D eigenvalue weighted by Gasteiger charge is 2.07. The van der Waals surface area contributed by atoms with Gasteiger partial charge in [-0.3, -0.25) is 4.98 Å². The van der Waals surface area contributed by atoms with E-state index in [1.165, 1.54) is 0 Å². The SMILES string of the molecule is C=C(C)CC(O)c1ccccn1. The molecule has 0 aliphatic rings. The molecule has 1 aromatic rings. The normalized spacial score (nSPS) is 12.5. The number of aliphatic hydroxyl groups excluding tert-OH is 1. The molecule has 64 valence electrons. The van der Waals surface area contributed by atoms with E-state index >= 15 is 0 Å². The van der Waals surface area contributed by atoms with E-state index in [2.05, 4.69) is 11.6 Å². The van der Waals surface area contributed by atoms with Crippen molar-refractivity contribution in [1.82, 2.24) is 4.98 Å². The second-order valence-electron chi connectivity index (χ2n) is 2.93. The van der Waals surface area contributed by atoms with Crippen LogP contribution in [0, 0.1) is 0 Å². The molecule has 1 N–H and O–H groups in total. The maximum absolute atomic E-state index is 9.57. The van der Waals surface area contributed by atoms with Gasteiger partial charge >= 0.3 is 0 Å². The number of hydrogen-bond donors (Lipinski definition) is 1. The van der Waals surface area contributed by atoms with Crippen LogP contribution < -0.4 is 0 Å². The zero-order chi connectivity index (χ0) is 8.97. The molecular weight excluding hydrogens is 150 g/mol. The van der Waals surface area contributed by atoms with Crippen molar-refractivity contribution < 1.29 is 5.11 Å². The number of aromatic nitrogens is 1. The molecule has 0 amide bonds. The van der Waals surface area contributed by atoms with Gasteiger partial charge in [0.2, 0.25) is 0 Å². The molecule has 0 radical (unpaired) electrons. The predicted octanol–water partition coefficient (Wildman–Crippen LogP) is 2.08. The summed E-state index contributed by atoms with van der Waals surface area (Å²) >= 11 is 0. The molecule has 0 bridgehead atoms. The summed E-state index contributed by atoms with van der Waals surface area (Å²) in [4.78, 5) is 4.04. The van der Waals surface area contributed by atoms with Crippen molar-refractivity contribution in [2.75, 3.05) is 0 Å². The van der Waals surface area contributed by atoms with Gasteiger partial charge < -0.3 is 5.11 Å². The Morgan fingerprint density at radius 2 is 2.42 bits per heavy atom. The van der Waals surface area contributed by atoms with Crippen LogP contribution in [0.5, 0.6) is 0 Å². The Morgan fingerprint density at radius 3 is 2.92 bits per heavy atom. The topological polar surface area (TPSA) is 33.1 Å². The van der Waals surface area contributed by atoms with Crippen LogP contribution >= 0.6 is 0 Å². The van der Waals surface area contributed by atoms with Gasteiger partial charge in [-0.2, -0.15) is 0 Å². The van der Waals surface area contributed by atoms with Gasteiger partial charge in [0.15, 0.2) is 0 Å². The zero-order valence-corrected chi connectivity index (χ0v) is 7.20. The van der Waals surface area contributed by atoms with Crippen LogP contribution in [0.25, 0.3) is 0 Å². The van der Waals surface area contributed by atoms with E-state index in [-0.39, 0.29) is 0 Å². The average Bonchev–Trinajstić information content (AvgIpc) is 2.05. The monoisotopic (exact) mass is 163 g/mol. The van der Waals surface area contributed by atoms with E-state index in [0.717, 1.165) is 5.57 Å². The van der Waals surface area contributed by atoms with Crippen LogP contribution in [0.3, 0.4) is 0 Å². The number of hydrogen-bond acceptors (Lipinski definition) is 2. The van der Waals surface area contributed by atoms with Gasteiger partial charge in [-0.05, 0) is 25.5 Å². The van der Waals surface area contributed by atoms with E-state index < -0.39 is 6.10 Å². The number of rotatable bonds is 3. The molecule has 1 atom stereocenters. The molecule has 1 unspecified atom stereocenters. The van der Waals surface area contributed by atoms with Gasteiger partial charge in [0.25, 0.3) is 0 Å². The number of nitrogens with zero attached hydrogens (tertiary/aromatic N) is 1. The van der Waals surface area contributed by atoms with E-state index in [0.29, 0.717) is 12.1 Å². The molecule has 2 heteroatoms. The molecule has 1 heterocycles. The third kappa shape index (κ3) is 2.47. The lowest BCUT2D eigenvalue weighted by molar-refractivity contribution is 0.173. The van der Waals surface area contributed by atoms with Gasteiger partial charge in [0.1, 0.15) is 0 Å². The third-order valence-electron chi connectivity index (χ3n) is 1.57. The Bertz CT molecular complexity index is 256. The molecule has 0 saturated carbocycles. The molecule has 1 rings (SSSR count). The minimum absolute atomic E-state index is 0.510. The first kappa shape index (κ1) is 8.94. The Morgan fingerprint density at radius 1 is 1.67 bits per heavy atom. The highest BCUT2D eigenvalue weighted by molar-refractivity contribution is 5.09. The minimum Gasteiger partial charge on any atom is -0.386 e. The van der Waals surface area contributed by atoms with Gasteiger partial charge in [0.05, 0.1) is 11.8 Å². The molecule has 2 nitrogen and oxygen atoms in total. The Labute approximate surface area is 72.6 Å². The fraction of sp³-hybridized carbons (Fsp3) is 0.300. The molecule has 0 spiro atoms. The first-order chi connectivity index (χ1) is 5.70. The van der Waals surface area contributed by atoms with Crippen molar-refractivity contribution in [2.45, 2.75) is 19.4 Å². The minimum atomic E-state index is -0.510. The summed E-state index contributed by atoms with van der Waals surface area (Å²) in [5, 5.41) is 9.57. The molecule has 0 fully saturated rings. The smallest absolute Gasteiger partial charge is 0.0996 e. The van der Waals surface area contributed by atoms with Crippen molar-refractivity contribution >= 4 is 0 Å². The number of aliphatic hydroxyl groups is 1. The fourth-order valence-corrected chi connectivity index (χ4v) is 1.01. The van der Waals surface area contributed by atoms with Crippen molar-refractivity contribution in [3.8, 4) is 0 Å². The maximum atomic E-state index is 9.57. The van der Waals surface area contributed by atoms with Crippen LogP contribution in [0.15, 0.2) is 36.5 Å². The van der Waals surface area contributed by atoms with E-state index in [1.54, 1.807) is 6.20 Å². The van der Waals surface area contributed by atoms with Crippen molar-refractivity contribution in [1.29, 1.82) is 0 Å². The molecule has 0 aliphatic heterocycles. The lowest BCUT2D eigenvalue weighted by atomic mass is 10.1. The standard InChI is InChI=1S/C10H13NO/c1-8(2)7-10(12)9-5-3-4-6-11-9/h3-6,10,12H,1,7H2,2H3. The molecule has 0 aliphatic carbocycles. The lowest BCUT2D eigenvalue weighted by Gasteiger charge is -2.08. The maximum Gasteiger partial charge on any atom is 0.0996 e. The largest absolute Gasteiger partial charge is 0.386 e. The summed E-state index contributed by atoms with van der Waals surface area (Å²) in [5.41, 5.74) is 1.67. The second-order valence-corrected chi connectivity index (χ2v) is 2.93. The summed E-state index contributed by atoms with van der Waals surface area (Å²) in [5.74, 6) is 0. The highest BCUT2D eigenvalue weighted by Crippen LogP contribution is 2.16. The lowest BCUT2D eigenvalue weighted by Crippen LogP contribution is -1.99. The summed E-state index contributed by atoms with van der Waals surface area (Å²) in [7, 11) is 0. The Hall–Kier alpha value is -1.15. The van der Waals surface area contributed by atoms with Gasteiger partial charge in [-0.1, -0.05) is 11.6 Å². The first-order valence-electron chi connectivity index (χ1n) is 3.93. The average molecular weight is 163 g/mol. The molecular formula is C10H13NO.